The topological polar surface area (TPSA) is 88.3 Å². The Morgan fingerprint density at radius 3 is 2.94 bits per heavy atom. The SMILES string of the molecule is COc1cc(C(N)C(=O)O)cc2[nH]ccc12. The number of nitrogens with two attached hydrogens (primary N) is 1. The van der Waals surface area contributed by atoms with E-state index in [1.807, 2.05) is 6.07 Å². The summed E-state index contributed by atoms with van der Waals surface area (Å²) in [6.07, 6.45) is 1.77. The maximum Gasteiger partial charge on any atom is 0.325 e. The van der Waals surface area contributed by atoms with E-state index in [-0.39, 0.29) is 0 Å². The number of benzene rings is 1. The summed E-state index contributed by atoms with van der Waals surface area (Å²) < 4.78 is 5.19. The number of hydrogen-bond acceptors (Lipinski definition) is 3. The van der Waals surface area contributed by atoms with Crippen LogP contribution in [-0.2, 0) is 4.79 Å². The second-order valence-corrected chi connectivity index (χ2v) is 3.48. The molecule has 0 spiro atoms. The number of ether oxygens (including phenoxy) is 1. The van der Waals surface area contributed by atoms with Crippen molar-refractivity contribution in [1.29, 1.82) is 0 Å². The molecule has 5 nitrogen and oxygen atoms in total. The molecule has 0 saturated heterocycles. The molecule has 0 amide bonds. The number of rotatable bonds is 3. The van der Waals surface area contributed by atoms with Crippen molar-refractivity contribution < 1.29 is 14.6 Å². The molecule has 0 fully saturated rings. The number of carboxylic acid groups (broad SMARTS) is 1. The first kappa shape index (κ1) is 10.5. The van der Waals surface area contributed by atoms with Crippen LogP contribution in [0.25, 0.3) is 10.9 Å². The summed E-state index contributed by atoms with van der Waals surface area (Å²) in [5.74, 6) is -0.446. The van der Waals surface area contributed by atoms with E-state index in [1.54, 1.807) is 18.3 Å². The van der Waals surface area contributed by atoms with E-state index in [0.717, 1.165) is 10.9 Å². The molecular formula is C11H12N2O3. The van der Waals surface area contributed by atoms with E-state index in [4.69, 9.17) is 15.6 Å². The maximum absolute atomic E-state index is 10.8. The van der Waals surface area contributed by atoms with Gasteiger partial charge in [-0.3, -0.25) is 4.79 Å². The number of methoxy groups -OCH3 is 1. The molecule has 0 radical (unpaired) electrons. The third kappa shape index (κ3) is 1.61. The smallest absolute Gasteiger partial charge is 0.325 e. The number of aliphatic carboxylic acids is 1. The molecular weight excluding hydrogens is 208 g/mol. The fourth-order valence-corrected chi connectivity index (χ4v) is 1.65. The van der Waals surface area contributed by atoms with E-state index in [0.29, 0.717) is 11.3 Å². The van der Waals surface area contributed by atoms with Gasteiger partial charge in [-0.1, -0.05) is 0 Å². The second kappa shape index (κ2) is 3.86. The van der Waals surface area contributed by atoms with E-state index < -0.39 is 12.0 Å². The van der Waals surface area contributed by atoms with Crippen LogP contribution < -0.4 is 10.5 Å². The molecule has 0 bridgehead atoms. The summed E-state index contributed by atoms with van der Waals surface area (Å²) >= 11 is 0. The summed E-state index contributed by atoms with van der Waals surface area (Å²) in [6.45, 7) is 0. The molecule has 0 aliphatic rings. The number of carboxylic acids is 1. The third-order valence-corrected chi connectivity index (χ3v) is 2.50. The lowest BCUT2D eigenvalue weighted by Gasteiger charge is -2.09. The van der Waals surface area contributed by atoms with Crippen molar-refractivity contribution in [3.8, 4) is 5.75 Å². The van der Waals surface area contributed by atoms with Gasteiger partial charge in [-0.2, -0.15) is 0 Å². The van der Waals surface area contributed by atoms with Gasteiger partial charge in [0.1, 0.15) is 11.8 Å². The van der Waals surface area contributed by atoms with Gasteiger partial charge in [0.25, 0.3) is 0 Å². The minimum atomic E-state index is -1.06. The van der Waals surface area contributed by atoms with Crippen molar-refractivity contribution in [2.24, 2.45) is 5.73 Å². The number of hydrogen-bond donors (Lipinski definition) is 3. The van der Waals surface area contributed by atoms with E-state index in [1.165, 1.54) is 7.11 Å². The van der Waals surface area contributed by atoms with Crippen LogP contribution in [0.1, 0.15) is 11.6 Å². The Balaban J connectivity index is 2.59. The van der Waals surface area contributed by atoms with Gasteiger partial charge in [-0.05, 0) is 23.8 Å². The normalized spacial score (nSPS) is 12.6. The number of aromatic nitrogens is 1. The van der Waals surface area contributed by atoms with Crippen molar-refractivity contribution in [1.82, 2.24) is 4.98 Å². The molecule has 0 aliphatic heterocycles. The van der Waals surface area contributed by atoms with Crippen LogP contribution in [0, 0.1) is 0 Å². The van der Waals surface area contributed by atoms with Gasteiger partial charge in [0.15, 0.2) is 0 Å². The standard InChI is InChI=1S/C11H12N2O3/c1-16-9-5-6(10(12)11(14)15)4-8-7(9)2-3-13-8/h2-5,10,13H,12H2,1H3,(H,14,15). The Morgan fingerprint density at radius 2 is 2.31 bits per heavy atom. The molecule has 5 heteroatoms. The van der Waals surface area contributed by atoms with E-state index in [2.05, 4.69) is 4.98 Å². The van der Waals surface area contributed by atoms with Gasteiger partial charge in [0, 0.05) is 17.1 Å². The predicted molar refractivity (Wildman–Crippen MR) is 59.4 cm³/mol. The molecule has 2 rings (SSSR count). The Labute approximate surface area is 91.8 Å². The highest BCUT2D eigenvalue weighted by atomic mass is 16.5. The molecule has 1 atom stereocenters. The van der Waals surface area contributed by atoms with Crippen LogP contribution >= 0.6 is 0 Å². The number of carbonyl (C=O) groups is 1. The molecule has 2 aromatic rings. The average Bonchev–Trinajstić information content (AvgIpc) is 2.74. The van der Waals surface area contributed by atoms with Crippen LogP contribution in [-0.4, -0.2) is 23.2 Å². The van der Waals surface area contributed by atoms with Crippen LogP contribution in [0.2, 0.25) is 0 Å². The number of H-pyrrole nitrogens is 1. The molecule has 0 saturated carbocycles. The molecule has 0 aliphatic carbocycles. The summed E-state index contributed by atoms with van der Waals surface area (Å²) in [4.78, 5) is 13.8. The first-order valence-corrected chi connectivity index (χ1v) is 4.77. The van der Waals surface area contributed by atoms with Gasteiger partial charge >= 0.3 is 5.97 Å². The quantitative estimate of drug-likeness (QED) is 0.726. The Kier molecular flexibility index (Phi) is 2.54. The first-order valence-electron chi connectivity index (χ1n) is 4.77. The van der Waals surface area contributed by atoms with E-state index in [9.17, 15) is 4.79 Å². The van der Waals surface area contributed by atoms with Crippen molar-refractivity contribution >= 4 is 16.9 Å². The monoisotopic (exact) mass is 220 g/mol. The van der Waals surface area contributed by atoms with Gasteiger partial charge in [0.05, 0.1) is 7.11 Å². The zero-order chi connectivity index (χ0) is 11.7. The molecule has 1 aromatic heterocycles. The van der Waals surface area contributed by atoms with Crippen LogP contribution in [0.3, 0.4) is 0 Å². The fraction of sp³-hybridized carbons (Fsp3) is 0.182. The molecule has 1 unspecified atom stereocenters. The highest BCUT2D eigenvalue weighted by Crippen LogP contribution is 2.28. The summed E-state index contributed by atoms with van der Waals surface area (Å²) in [5, 5.41) is 9.75. The van der Waals surface area contributed by atoms with Gasteiger partial charge < -0.3 is 20.6 Å². The zero-order valence-corrected chi connectivity index (χ0v) is 8.73. The van der Waals surface area contributed by atoms with Gasteiger partial charge in [-0.15, -0.1) is 0 Å². The maximum atomic E-state index is 10.8. The molecule has 4 N–H and O–H groups in total. The van der Waals surface area contributed by atoms with Crippen LogP contribution in [0.4, 0.5) is 0 Å². The Hall–Kier alpha value is -2.01. The minimum absolute atomic E-state index is 0.513. The molecule has 1 heterocycles. The zero-order valence-electron chi connectivity index (χ0n) is 8.73. The molecule has 16 heavy (non-hydrogen) atoms. The molecule has 1 aromatic carbocycles. The van der Waals surface area contributed by atoms with Crippen LogP contribution in [0.15, 0.2) is 24.4 Å². The lowest BCUT2D eigenvalue weighted by molar-refractivity contribution is -0.138. The largest absolute Gasteiger partial charge is 0.496 e. The summed E-state index contributed by atoms with van der Waals surface area (Å²) in [7, 11) is 1.54. The highest BCUT2D eigenvalue weighted by Gasteiger charge is 2.16. The highest BCUT2D eigenvalue weighted by molar-refractivity contribution is 5.88. The van der Waals surface area contributed by atoms with Gasteiger partial charge in [-0.25, -0.2) is 0 Å². The third-order valence-electron chi connectivity index (χ3n) is 2.50. The van der Waals surface area contributed by atoms with Crippen molar-refractivity contribution in [3.05, 3.63) is 30.0 Å². The lowest BCUT2D eigenvalue weighted by atomic mass is 10.1. The molecule has 84 valence electrons. The Bertz CT molecular complexity index is 533. The summed E-state index contributed by atoms with van der Waals surface area (Å²) in [6, 6.07) is 4.19. The first-order chi connectivity index (χ1) is 7.63. The van der Waals surface area contributed by atoms with Crippen molar-refractivity contribution in [3.63, 3.8) is 0 Å². The minimum Gasteiger partial charge on any atom is -0.496 e. The number of fused-ring (bicyclic) bond motifs is 1. The predicted octanol–water partition coefficient (Wildman–Crippen LogP) is 1.26. The fourth-order valence-electron chi connectivity index (χ4n) is 1.65. The van der Waals surface area contributed by atoms with E-state index >= 15 is 0 Å². The average molecular weight is 220 g/mol. The van der Waals surface area contributed by atoms with Gasteiger partial charge in [0.2, 0.25) is 0 Å². The van der Waals surface area contributed by atoms with Crippen molar-refractivity contribution in [2.45, 2.75) is 6.04 Å². The lowest BCUT2D eigenvalue weighted by Crippen LogP contribution is -2.20. The second-order valence-electron chi connectivity index (χ2n) is 3.48. The number of aromatic amines is 1. The summed E-state index contributed by atoms with van der Waals surface area (Å²) in [5.41, 5.74) is 6.88. The number of nitrogens with one attached hydrogen (secondary N) is 1. The van der Waals surface area contributed by atoms with Crippen LogP contribution in [0.5, 0.6) is 5.75 Å². The van der Waals surface area contributed by atoms with Crippen molar-refractivity contribution in [2.75, 3.05) is 7.11 Å². The Morgan fingerprint density at radius 1 is 1.56 bits per heavy atom.